The van der Waals surface area contributed by atoms with Crippen LogP contribution in [0, 0.1) is 0 Å². The van der Waals surface area contributed by atoms with Crippen molar-refractivity contribution in [3.8, 4) is 11.5 Å². The first-order valence-electron chi connectivity index (χ1n) is 8.24. The normalized spacial score (nSPS) is 17.5. The van der Waals surface area contributed by atoms with E-state index in [0.29, 0.717) is 43.3 Å². The number of carbonyl (C=O) groups excluding carboxylic acids is 2. The van der Waals surface area contributed by atoms with Crippen LogP contribution in [0.15, 0.2) is 18.2 Å². The fourth-order valence-electron chi connectivity index (χ4n) is 2.93. The second-order valence-corrected chi connectivity index (χ2v) is 5.79. The van der Waals surface area contributed by atoms with Crippen molar-refractivity contribution in [1.82, 2.24) is 9.80 Å². The Bertz CT molecular complexity index is 619. The molecule has 0 aliphatic carbocycles. The fourth-order valence-corrected chi connectivity index (χ4v) is 2.93. The van der Waals surface area contributed by atoms with Crippen LogP contribution in [0.3, 0.4) is 0 Å². The van der Waals surface area contributed by atoms with Crippen LogP contribution in [-0.4, -0.2) is 67.8 Å². The molecule has 1 aromatic rings. The van der Waals surface area contributed by atoms with Crippen LogP contribution in [-0.2, 0) is 9.53 Å². The molecule has 24 heavy (non-hydrogen) atoms. The predicted molar refractivity (Wildman–Crippen MR) is 86.2 cm³/mol. The monoisotopic (exact) mass is 334 g/mol. The van der Waals surface area contributed by atoms with Gasteiger partial charge in [-0.05, 0) is 31.5 Å². The van der Waals surface area contributed by atoms with E-state index in [4.69, 9.17) is 14.2 Å². The number of hydrogen-bond acceptors (Lipinski definition) is 6. The highest BCUT2D eigenvalue weighted by molar-refractivity contribution is 5.95. The van der Waals surface area contributed by atoms with Gasteiger partial charge in [0.2, 0.25) is 6.79 Å². The maximum absolute atomic E-state index is 12.7. The quantitative estimate of drug-likeness (QED) is 0.769. The smallest absolute Gasteiger partial charge is 0.320 e. The maximum Gasteiger partial charge on any atom is 0.320 e. The van der Waals surface area contributed by atoms with E-state index in [2.05, 4.69) is 0 Å². The van der Waals surface area contributed by atoms with Crippen LogP contribution < -0.4 is 9.47 Å². The van der Waals surface area contributed by atoms with Crippen molar-refractivity contribution in [2.24, 2.45) is 0 Å². The Hall–Kier alpha value is -2.28. The van der Waals surface area contributed by atoms with E-state index >= 15 is 0 Å². The standard InChI is InChI=1S/C17H22N2O5/c1-2-22-16(20)11-18-6-3-7-19(9-8-18)17(21)13-4-5-14-15(10-13)24-12-23-14/h4-5,10H,2-3,6-9,11-12H2,1H3. The number of carbonyl (C=O) groups is 2. The number of rotatable bonds is 4. The lowest BCUT2D eigenvalue weighted by Gasteiger charge is -2.21. The number of fused-ring (bicyclic) bond motifs is 1. The summed E-state index contributed by atoms with van der Waals surface area (Å²) in [5.74, 6) is 1.04. The van der Waals surface area contributed by atoms with E-state index in [-0.39, 0.29) is 25.2 Å². The summed E-state index contributed by atoms with van der Waals surface area (Å²) >= 11 is 0. The van der Waals surface area contributed by atoms with Gasteiger partial charge in [-0.25, -0.2) is 0 Å². The zero-order valence-corrected chi connectivity index (χ0v) is 13.8. The Balaban J connectivity index is 1.59. The first kappa shape index (κ1) is 16.6. The summed E-state index contributed by atoms with van der Waals surface area (Å²) in [6.07, 6.45) is 0.829. The van der Waals surface area contributed by atoms with Crippen LogP contribution in [0.1, 0.15) is 23.7 Å². The molecule has 0 saturated carbocycles. The topological polar surface area (TPSA) is 68.3 Å². The molecule has 3 rings (SSSR count). The third kappa shape index (κ3) is 3.79. The zero-order chi connectivity index (χ0) is 16.9. The summed E-state index contributed by atoms with van der Waals surface area (Å²) in [5, 5.41) is 0. The molecule has 0 radical (unpaired) electrons. The summed E-state index contributed by atoms with van der Waals surface area (Å²) < 4.78 is 15.6. The van der Waals surface area contributed by atoms with Crippen LogP contribution in [0.5, 0.6) is 11.5 Å². The molecule has 7 heteroatoms. The van der Waals surface area contributed by atoms with E-state index in [1.165, 1.54) is 0 Å². The molecule has 0 spiro atoms. The molecule has 1 amide bonds. The van der Waals surface area contributed by atoms with Gasteiger partial charge in [0.1, 0.15) is 0 Å². The van der Waals surface area contributed by atoms with E-state index in [9.17, 15) is 9.59 Å². The lowest BCUT2D eigenvalue weighted by Crippen LogP contribution is -2.37. The summed E-state index contributed by atoms with van der Waals surface area (Å²) in [6.45, 7) is 5.37. The Morgan fingerprint density at radius 2 is 1.96 bits per heavy atom. The number of nitrogens with zero attached hydrogens (tertiary/aromatic N) is 2. The van der Waals surface area contributed by atoms with Crippen molar-refractivity contribution < 1.29 is 23.8 Å². The minimum atomic E-state index is -0.215. The molecule has 2 aliphatic rings. The lowest BCUT2D eigenvalue weighted by atomic mass is 10.1. The van der Waals surface area contributed by atoms with Crippen molar-refractivity contribution in [2.45, 2.75) is 13.3 Å². The summed E-state index contributed by atoms with van der Waals surface area (Å²) in [7, 11) is 0. The number of ether oxygens (including phenoxy) is 3. The van der Waals surface area contributed by atoms with Crippen LogP contribution in [0.25, 0.3) is 0 Å². The lowest BCUT2D eigenvalue weighted by molar-refractivity contribution is -0.144. The molecular weight excluding hydrogens is 312 g/mol. The van der Waals surface area contributed by atoms with Crippen molar-refractivity contribution in [3.63, 3.8) is 0 Å². The average molecular weight is 334 g/mol. The number of benzene rings is 1. The predicted octanol–water partition coefficient (Wildman–Crippen LogP) is 1.13. The van der Waals surface area contributed by atoms with Gasteiger partial charge < -0.3 is 19.1 Å². The SMILES string of the molecule is CCOC(=O)CN1CCCN(C(=O)c2ccc3c(c2)OCO3)CC1. The Morgan fingerprint density at radius 3 is 2.79 bits per heavy atom. The number of amides is 1. The molecule has 130 valence electrons. The first-order chi connectivity index (χ1) is 11.7. The van der Waals surface area contributed by atoms with Gasteiger partial charge in [0, 0.05) is 31.7 Å². The van der Waals surface area contributed by atoms with E-state index in [0.717, 1.165) is 13.0 Å². The van der Waals surface area contributed by atoms with Crippen LogP contribution in [0.4, 0.5) is 0 Å². The minimum Gasteiger partial charge on any atom is -0.465 e. The van der Waals surface area contributed by atoms with Gasteiger partial charge in [-0.1, -0.05) is 0 Å². The molecule has 1 saturated heterocycles. The van der Waals surface area contributed by atoms with Gasteiger partial charge in [0.05, 0.1) is 13.2 Å². The van der Waals surface area contributed by atoms with Crippen molar-refractivity contribution in [3.05, 3.63) is 23.8 Å². The Morgan fingerprint density at radius 1 is 1.12 bits per heavy atom. The number of hydrogen-bond donors (Lipinski definition) is 0. The van der Waals surface area contributed by atoms with Crippen molar-refractivity contribution >= 4 is 11.9 Å². The molecule has 0 bridgehead atoms. The molecule has 0 aromatic heterocycles. The second kappa shape index (κ2) is 7.53. The van der Waals surface area contributed by atoms with Gasteiger partial charge in [-0.3, -0.25) is 14.5 Å². The molecule has 1 aromatic carbocycles. The third-order valence-electron chi connectivity index (χ3n) is 4.15. The van der Waals surface area contributed by atoms with E-state index < -0.39 is 0 Å². The van der Waals surface area contributed by atoms with Gasteiger partial charge in [0.25, 0.3) is 5.91 Å². The number of esters is 1. The van der Waals surface area contributed by atoms with Crippen molar-refractivity contribution in [1.29, 1.82) is 0 Å². The third-order valence-corrected chi connectivity index (χ3v) is 4.15. The fraction of sp³-hybridized carbons (Fsp3) is 0.529. The summed E-state index contributed by atoms with van der Waals surface area (Å²) in [6, 6.07) is 5.25. The second-order valence-electron chi connectivity index (χ2n) is 5.79. The summed E-state index contributed by atoms with van der Waals surface area (Å²) in [4.78, 5) is 28.2. The molecule has 2 heterocycles. The maximum atomic E-state index is 12.7. The summed E-state index contributed by atoms with van der Waals surface area (Å²) in [5.41, 5.74) is 0.595. The molecule has 2 aliphatic heterocycles. The molecule has 0 N–H and O–H groups in total. The van der Waals surface area contributed by atoms with Gasteiger partial charge in [-0.2, -0.15) is 0 Å². The molecule has 1 fully saturated rings. The highest BCUT2D eigenvalue weighted by Gasteiger charge is 2.23. The highest BCUT2D eigenvalue weighted by atomic mass is 16.7. The zero-order valence-electron chi connectivity index (χ0n) is 13.8. The van der Waals surface area contributed by atoms with Crippen LogP contribution >= 0.6 is 0 Å². The van der Waals surface area contributed by atoms with Crippen molar-refractivity contribution in [2.75, 3.05) is 46.1 Å². The highest BCUT2D eigenvalue weighted by Crippen LogP contribution is 2.32. The average Bonchev–Trinajstić information content (AvgIpc) is 2.92. The van der Waals surface area contributed by atoms with Gasteiger partial charge in [0.15, 0.2) is 11.5 Å². The molecular formula is C17H22N2O5. The van der Waals surface area contributed by atoms with Gasteiger partial charge >= 0.3 is 5.97 Å². The minimum absolute atomic E-state index is 0.0220. The molecule has 0 atom stereocenters. The largest absolute Gasteiger partial charge is 0.465 e. The Kier molecular flexibility index (Phi) is 5.20. The first-order valence-corrected chi connectivity index (χ1v) is 8.24. The molecule has 7 nitrogen and oxygen atoms in total. The van der Waals surface area contributed by atoms with E-state index in [1.807, 2.05) is 9.80 Å². The van der Waals surface area contributed by atoms with Gasteiger partial charge in [-0.15, -0.1) is 0 Å². The Labute approximate surface area is 141 Å². The van der Waals surface area contributed by atoms with E-state index in [1.54, 1.807) is 25.1 Å². The van der Waals surface area contributed by atoms with Crippen LogP contribution in [0.2, 0.25) is 0 Å². The molecule has 0 unspecified atom stereocenters.